The van der Waals surface area contributed by atoms with Gasteiger partial charge in [0.25, 0.3) is 0 Å². The number of Topliss-reactive ketones (excluding diaryl/α,β-unsaturated/α-hetero) is 2. The first-order chi connectivity index (χ1) is 7.77. The zero-order chi connectivity index (χ0) is 11.4. The summed E-state index contributed by atoms with van der Waals surface area (Å²) in [5.41, 5.74) is 0. The van der Waals surface area contributed by atoms with Gasteiger partial charge in [-0.1, -0.05) is 19.3 Å². The standard InChI is InChI=1S/C14H22O2/c15-13-8-3-1-2-6-11(13)10-12-7-4-5-9-14(12)16/h11-12H,1-10H2. The third kappa shape index (κ3) is 2.93. The third-order valence-corrected chi connectivity index (χ3v) is 4.18. The summed E-state index contributed by atoms with van der Waals surface area (Å²) in [4.78, 5) is 23.6. The fraction of sp³-hybridized carbons (Fsp3) is 0.857. The quantitative estimate of drug-likeness (QED) is 0.672. The Morgan fingerprint density at radius 1 is 0.750 bits per heavy atom. The first-order valence-corrected chi connectivity index (χ1v) is 6.83. The maximum atomic E-state index is 11.9. The van der Waals surface area contributed by atoms with E-state index in [4.69, 9.17) is 0 Å². The average molecular weight is 222 g/mol. The number of hydrogen-bond acceptors (Lipinski definition) is 2. The van der Waals surface area contributed by atoms with Crippen LogP contribution < -0.4 is 0 Å². The van der Waals surface area contributed by atoms with E-state index in [0.717, 1.165) is 44.9 Å². The summed E-state index contributed by atoms with van der Waals surface area (Å²) in [6.07, 6.45) is 10.1. The molecule has 0 aromatic carbocycles. The number of ketones is 2. The lowest BCUT2D eigenvalue weighted by Gasteiger charge is -2.24. The fourth-order valence-electron chi connectivity index (χ4n) is 3.13. The molecular weight excluding hydrogens is 200 g/mol. The van der Waals surface area contributed by atoms with E-state index in [0.29, 0.717) is 11.6 Å². The molecule has 2 aliphatic rings. The molecular formula is C14H22O2. The lowest BCUT2D eigenvalue weighted by atomic mass is 9.79. The molecule has 0 saturated heterocycles. The minimum atomic E-state index is 0.203. The number of carbonyl (C=O) groups excluding carboxylic acids is 2. The van der Waals surface area contributed by atoms with Crippen molar-refractivity contribution in [3.63, 3.8) is 0 Å². The molecule has 0 radical (unpaired) electrons. The largest absolute Gasteiger partial charge is 0.299 e. The van der Waals surface area contributed by atoms with Crippen molar-refractivity contribution in [1.82, 2.24) is 0 Å². The van der Waals surface area contributed by atoms with Crippen molar-refractivity contribution in [3.05, 3.63) is 0 Å². The molecule has 0 bridgehead atoms. The van der Waals surface area contributed by atoms with Crippen LogP contribution in [0.3, 0.4) is 0 Å². The monoisotopic (exact) mass is 222 g/mol. The van der Waals surface area contributed by atoms with Crippen molar-refractivity contribution < 1.29 is 9.59 Å². The highest BCUT2D eigenvalue weighted by molar-refractivity contribution is 5.84. The van der Waals surface area contributed by atoms with Gasteiger partial charge in [-0.15, -0.1) is 0 Å². The van der Waals surface area contributed by atoms with Crippen molar-refractivity contribution in [2.75, 3.05) is 0 Å². The first-order valence-electron chi connectivity index (χ1n) is 6.83. The van der Waals surface area contributed by atoms with Crippen LogP contribution in [0, 0.1) is 11.8 Å². The second-order valence-corrected chi connectivity index (χ2v) is 5.41. The second-order valence-electron chi connectivity index (χ2n) is 5.41. The van der Waals surface area contributed by atoms with E-state index in [1.807, 2.05) is 0 Å². The van der Waals surface area contributed by atoms with Crippen molar-refractivity contribution in [3.8, 4) is 0 Å². The van der Waals surface area contributed by atoms with Crippen LogP contribution >= 0.6 is 0 Å². The smallest absolute Gasteiger partial charge is 0.135 e. The van der Waals surface area contributed by atoms with Gasteiger partial charge in [-0.05, 0) is 32.1 Å². The van der Waals surface area contributed by atoms with Gasteiger partial charge in [0.2, 0.25) is 0 Å². The zero-order valence-electron chi connectivity index (χ0n) is 10.0. The van der Waals surface area contributed by atoms with Crippen LogP contribution in [0.5, 0.6) is 0 Å². The summed E-state index contributed by atoms with van der Waals surface area (Å²) in [6.45, 7) is 0. The highest BCUT2D eigenvalue weighted by atomic mass is 16.1. The summed E-state index contributed by atoms with van der Waals surface area (Å²) in [5, 5.41) is 0. The third-order valence-electron chi connectivity index (χ3n) is 4.18. The molecule has 0 N–H and O–H groups in total. The normalized spacial score (nSPS) is 32.5. The Balaban J connectivity index is 1.91. The number of carbonyl (C=O) groups is 2. The first kappa shape index (κ1) is 11.8. The van der Waals surface area contributed by atoms with Crippen LogP contribution in [0.15, 0.2) is 0 Å². The van der Waals surface area contributed by atoms with E-state index >= 15 is 0 Å². The van der Waals surface area contributed by atoms with Gasteiger partial charge in [-0.3, -0.25) is 9.59 Å². The van der Waals surface area contributed by atoms with E-state index in [9.17, 15) is 9.59 Å². The van der Waals surface area contributed by atoms with E-state index in [-0.39, 0.29) is 11.8 Å². The molecule has 0 aromatic rings. The Labute approximate surface area is 97.8 Å². The summed E-state index contributed by atoms with van der Waals surface area (Å²) in [5.74, 6) is 1.26. The van der Waals surface area contributed by atoms with Crippen molar-refractivity contribution in [2.24, 2.45) is 11.8 Å². The van der Waals surface area contributed by atoms with Crippen molar-refractivity contribution in [2.45, 2.75) is 64.2 Å². The predicted octanol–water partition coefficient (Wildman–Crippen LogP) is 3.29. The van der Waals surface area contributed by atoms with Gasteiger partial charge in [0, 0.05) is 24.7 Å². The van der Waals surface area contributed by atoms with Gasteiger partial charge in [0.15, 0.2) is 0 Å². The molecule has 2 rings (SSSR count). The van der Waals surface area contributed by atoms with E-state index < -0.39 is 0 Å². The van der Waals surface area contributed by atoms with Crippen LogP contribution in [-0.4, -0.2) is 11.6 Å². The van der Waals surface area contributed by atoms with Gasteiger partial charge in [0.1, 0.15) is 11.6 Å². The molecule has 0 amide bonds. The van der Waals surface area contributed by atoms with Crippen LogP contribution in [-0.2, 0) is 9.59 Å². The topological polar surface area (TPSA) is 34.1 Å². The molecule has 2 aliphatic carbocycles. The molecule has 0 aromatic heterocycles. The molecule has 2 heteroatoms. The van der Waals surface area contributed by atoms with Gasteiger partial charge in [-0.25, -0.2) is 0 Å². The fourth-order valence-corrected chi connectivity index (χ4v) is 3.13. The second kappa shape index (κ2) is 5.60. The van der Waals surface area contributed by atoms with Crippen LogP contribution in [0.25, 0.3) is 0 Å². The predicted molar refractivity (Wildman–Crippen MR) is 63.2 cm³/mol. The molecule has 2 saturated carbocycles. The number of hydrogen-bond donors (Lipinski definition) is 0. The number of rotatable bonds is 2. The molecule has 2 atom stereocenters. The summed E-state index contributed by atoms with van der Waals surface area (Å²) in [7, 11) is 0. The molecule has 16 heavy (non-hydrogen) atoms. The summed E-state index contributed by atoms with van der Waals surface area (Å²) >= 11 is 0. The van der Waals surface area contributed by atoms with Crippen LogP contribution in [0.2, 0.25) is 0 Å². The van der Waals surface area contributed by atoms with Gasteiger partial charge in [-0.2, -0.15) is 0 Å². The van der Waals surface area contributed by atoms with Crippen LogP contribution in [0.1, 0.15) is 64.2 Å². The Hall–Kier alpha value is -0.660. The minimum Gasteiger partial charge on any atom is -0.299 e. The lowest BCUT2D eigenvalue weighted by molar-refractivity contribution is -0.127. The van der Waals surface area contributed by atoms with Crippen LogP contribution in [0.4, 0.5) is 0 Å². The summed E-state index contributed by atoms with van der Waals surface area (Å²) in [6, 6.07) is 0. The molecule has 0 spiro atoms. The molecule has 90 valence electrons. The van der Waals surface area contributed by atoms with E-state index in [1.165, 1.54) is 19.3 Å². The van der Waals surface area contributed by atoms with Gasteiger partial charge in [0.05, 0.1) is 0 Å². The Morgan fingerprint density at radius 2 is 1.25 bits per heavy atom. The summed E-state index contributed by atoms with van der Waals surface area (Å²) < 4.78 is 0. The Morgan fingerprint density at radius 3 is 1.88 bits per heavy atom. The molecule has 2 nitrogen and oxygen atoms in total. The lowest BCUT2D eigenvalue weighted by Crippen LogP contribution is -2.25. The van der Waals surface area contributed by atoms with E-state index in [2.05, 4.69) is 0 Å². The van der Waals surface area contributed by atoms with Crippen molar-refractivity contribution >= 4 is 11.6 Å². The Kier molecular flexibility index (Phi) is 4.14. The zero-order valence-corrected chi connectivity index (χ0v) is 10.0. The maximum Gasteiger partial charge on any atom is 0.135 e. The maximum absolute atomic E-state index is 11.9. The van der Waals surface area contributed by atoms with E-state index in [1.54, 1.807) is 0 Å². The highest BCUT2D eigenvalue weighted by Gasteiger charge is 2.29. The molecule has 0 heterocycles. The SMILES string of the molecule is O=C1CCCCCC1CC1CCCCC1=O. The molecule has 0 aliphatic heterocycles. The Bertz CT molecular complexity index is 270. The highest BCUT2D eigenvalue weighted by Crippen LogP contribution is 2.31. The van der Waals surface area contributed by atoms with Gasteiger partial charge >= 0.3 is 0 Å². The van der Waals surface area contributed by atoms with Crippen molar-refractivity contribution in [1.29, 1.82) is 0 Å². The minimum absolute atomic E-state index is 0.203. The molecule has 2 fully saturated rings. The average Bonchev–Trinajstić information content (AvgIpc) is 2.48. The van der Waals surface area contributed by atoms with Gasteiger partial charge < -0.3 is 0 Å². The molecule has 2 unspecified atom stereocenters.